The first kappa shape index (κ1) is 22.6. The van der Waals surface area contributed by atoms with E-state index in [0.29, 0.717) is 18.1 Å². The van der Waals surface area contributed by atoms with Crippen LogP contribution >= 0.6 is 0 Å². The van der Waals surface area contributed by atoms with E-state index in [9.17, 15) is 13.2 Å². The Morgan fingerprint density at radius 3 is 2.55 bits per heavy atom. The second-order valence-corrected chi connectivity index (χ2v) is 6.96. The third-order valence-electron chi connectivity index (χ3n) is 4.44. The largest absolute Gasteiger partial charge is 0.484 e. The summed E-state index contributed by atoms with van der Waals surface area (Å²) in [6.45, 7) is 7.16. The minimum absolute atomic E-state index is 0.143. The molecule has 9 heteroatoms. The number of hydrogen-bond donors (Lipinski definition) is 2. The first-order valence-electron chi connectivity index (χ1n) is 9.27. The Hall–Kier alpha value is -2.71. The average Bonchev–Trinajstić information content (AvgIpc) is 2.99. The smallest absolute Gasteiger partial charge is 0.422 e. The first-order chi connectivity index (χ1) is 13.6. The molecule has 1 unspecified atom stereocenters. The van der Waals surface area contributed by atoms with Crippen LogP contribution in [0, 0.1) is 20.8 Å². The lowest BCUT2D eigenvalue weighted by Gasteiger charge is -2.18. The van der Waals surface area contributed by atoms with Crippen molar-refractivity contribution >= 4 is 5.96 Å². The lowest BCUT2D eigenvalue weighted by molar-refractivity contribution is -0.153. The lowest BCUT2D eigenvalue weighted by Crippen LogP contribution is -2.38. The Balaban J connectivity index is 1.97. The molecule has 0 aliphatic heterocycles. The summed E-state index contributed by atoms with van der Waals surface area (Å²) in [5.74, 6) is 1.66. The van der Waals surface area contributed by atoms with Crippen LogP contribution in [0.15, 0.2) is 27.7 Å². The zero-order valence-corrected chi connectivity index (χ0v) is 17.3. The van der Waals surface area contributed by atoms with Gasteiger partial charge in [-0.2, -0.15) is 13.2 Å². The maximum atomic E-state index is 12.5. The number of guanidine groups is 1. The molecule has 0 aliphatic rings. The summed E-state index contributed by atoms with van der Waals surface area (Å²) in [5, 5.41) is 10.3. The van der Waals surface area contributed by atoms with E-state index in [4.69, 9.17) is 9.26 Å². The van der Waals surface area contributed by atoms with Crippen molar-refractivity contribution in [2.75, 3.05) is 20.2 Å². The summed E-state index contributed by atoms with van der Waals surface area (Å²) in [4.78, 5) is 4.17. The highest BCUT2D eigenvalue weighted by Crippen LogP contribution is 2.24. The van der Waals surface area contributed by atoms with Gasteiger partial charge in [0, 0.05) is 37.2 Å². The molecular formula is C20H27F3N4O2. The van der Waals surface area contributed by atoms with Gasteiger partial charge in [0.2, 0.25) is 0 Å². The summed E-state index contributed by atoms with van der Waals surface area (Å²) in [6.07, 6.45) is -4.39. The third-order valence-corrected chi connectivity index (χ3v) is 4.44. The number of aromatic nitrogens is 1. The van der Waals surface area contributed by atoms with Crippen molar-refractivity contribution in [3.8, 4) is 5.75 Å². The van der Waals surface area contributed by atoms with Gasteiger partial charge in [-0.25, -0.2) is 0 Å². The highest BCUT2D eigenvalue weighted by molar-refractivity contribution is 5.79. The summed E-state index contributed by atoms with van der Waals surface area (Å²) >= 11 is 0. The minimum Gasteiger partial charge on any atom is -0.484 e. The average molecular weight is 412 g/mol. The monoisotopic (exact) mass is 412 g/mol. The molecule has 1 heterocycles. The fraction of sp³-hybridized carbons (Fsp3) is 0.500. The molecular weight excluding hydrogens is 385 g/mol. The van der Waals surface area contributed by atoms with Crippen molar-refractivity contribution in [3.05, 3.63) is 46.3 Å². The number of nitrogens with one attached hydrogen (secondary N) is 2. The van der Waals surface area contributed by atoms with Gasteiger partial charge in [-0.3, -0.25) is 4.99 Å². The molecule has 0 saturated carbocycles. The number of rotatable bonds is 7. The van der Waals surface area contributed by atoms with Crippen LogP contribution in [-0.2, 0) is 6.54 Å². The van der Waals surface area contributed by atoms with Crippen molar-refractivity contribution in [3.63, 3.8) is 0 Å². The van der Waals surface area contributed by atoms with E-state index >= 15 is 0 Å². The zero-order valence-electron chi connectivity index (χ0n) is 17.3. The molecule has 2 N–H and O–H groups in total. The molecule has 1 aromatic carbocycles. The van der Waals surface area contributed by atoms with Gasteiger partial charge in [0.1, 0.15) is 11.5 Å². The van der Waals surface area contributed by atoms with Gasteiger partial charge in [0.05, 0.1) is 5.69 Å². The SMILES string of the molecule is CN=C(NCc1ccc(C)cc1OCC(F)(F)F)NCC(C)c1c(C)noc1C. The molecule has 0 saturated heterocycles. The van der Waals surface area contributed by atoms with Crippen LogP contribution in [-0.4, -0.2) is 37.5 Å². The van der Waals surface area contributed by atoms with Crippen LogP contribution in [0.4, 0.5) is 13.2 Å². The van der Waals surface area contributed by atoms with E-state index in [1.807, 2.05) is 19.9 Å². The second-order valence-electron chi connectivity index (χ2n) is 6.96. The molecule has 0 bridgehead atoms. The lowest BCUT2D eigenvalue weighted by atomic mass is 10.00. The molecule has 160 valence electrons. The van der Waals surface area contributed by atoms with Crippen LogP contribution in [0.5, 0.6) is 5.75 Å². The van der Waals surface area contributed by atoms with E-state index in [1.165, 1.54) is 0 Å². The highest BCUT2D eigenvalue weighted by atomic mass is 19.4. The molecule has 0 amide bonds. The minimum atomic E-state index is -4.39. The summed E-state index contributed by atoms with van der Waals surface area (Å²) in [7, 11) is 1.63. The van der Waals surface area contributed by atoms with Gasteiger partial charge in [-0.1, -0.05) is 24.2 Å². The number of benzene rings is 1. The second kappa shape index (κ2) is 9.67. The van der Waals surface area contributed by atoms with Crippen LogP contribution in [0.3, 0.4) is 0 Å². The number of aliphatic imine (C=N–C) groups is 1. The van der Waals surface area contributed by atoms with Crippen LogP contribution in [0.2, 0.25) is 0 Å². The van der Waals surface area contributed by atoms with Crippen molar-refractivity contribution < 1.29 is 22.4 Å². The number of aryl methyl sites for hydroxylation is 3. The normalized spacial score (nSPS) is 13.3. The van der Waals surface area contributed by atoms with Crippen LogP contribution < -0.4 is 15.4 Å². The topological polar surface area (TPSA) is 71.7 Å². The number of ether oxygens (including phenoxy) is 1. The highest BCUT2D eigenvalue weighted by Gasteiger charge is 2.28. The Labute approximate surface area is 168 Å². The first-order valence-corrected chi connectivity index (χ1v) is 9.27. The summed E-state index contributed by atoms with van der Waals surface area (Å²) in [5.41, 5.74) is 3.34. The predicted molar refractivity (Wildman–Crippen MR) is 105 cm³/mol. The number of halogens is 3. The Kier molecular flexibility index (Phi) is 7.53. The van der Waals surface area contributed by atoms with E-state index in [1.54, 1.807) is 26.1 Å². The van der Waals surface area contributed by atoms with Crippen LogP contribution in [0.1, 0.15) is 41.0 Å². The Morgan fingerprint density at radius 1 is 1.24 bits per heavy atom. The van der Waals surface area contributed by atoms with Gasteiger partial charge in [0.15, 0.2) is 12.6 Å². The third kappa shape index (κ3) is 6.69. The van der Waals surface area contributed by atoms with Crippen molar-refractivity contribution in [2.45, 2.75) is 46.3 Å². The standard InChI is InChI=1S/C20H27F3N4O2/c1-12-6-7-16(17(8-12)28-11-20(21,22)23)10-26-19(24-5)25-9-13(2)18-14(3)27-29-15(18)4/h6-8,13H,9-11H2,1-5H3,(H2,24,25,26). The molecule has 1 atom stereocenters. The zero-order chi connectivity index (χ0) is 21.6. The fourth-order valence-corrected chi connectivity index (χ4v) is 3.05. The van der Waals surface area contributed by atoms with Crippen molar-refractivity contribution in [2.24, 2.45) is 4.99 Å². The molecule has 29 heavy (non-hydrogen) atoms. The fourth-order valence-electron chi connectivity index (χ4n) is 3.05. The quantitative estimate of drug-likeness (QED) is 0.531. The van der Waals surface area contributed by atoms with Crippen molar-refractivity contribution in [1.82, 2.24) is 15.8 Å². The molecule has 0 fully saturated rings. The van der Waals surface area contributed by atoms with Gasteiger partial charge >= 0.3 is 6.18 Å². The molecule has 2 aromatic rings. The molecule has 0 aliphatic carbocycles. The van der Waals surface area contributed by atoms with E-state index < -0.39 is 12.8 Å². The van der Waals surface area contributed by atoms with E-state index in [-0.39, 0.29) is 18.2 Å². The van der Waals surface area contributed by atoms with Gasteiger partial charge < -0.3 is 19.9 Å². The predicted octanol–water partition coefficient (Wildman–Crippen LogP) is 4.01. The van der Waals surface area contributed by atoms with Gasteiger partial charge in [-0.15, -0.1) is 0 Å². The molecule has 2 rings (SSSR count). The number of nitrogens with zero attached hydrogens (tertiary/aromatic N) is 2. The molecule has 0 radical (unpaired) electrons. The number of alkyl halides is 3. The maximum absolute atomic E-state index is 12.5. The maximum Gasteiger partial charge on any atom is 0.422 e. The van der Waals surface area contributed by atoms with E-state index in [0.717, 1.165) is 22.6 Å². The van der Waals surface area contributed by atoms with Crippen molar-refractivity contribution in [1.29, 1.82) is 0 Å². The van der Waals surface area contributed by atoms with E-state index in [2.05, 4.69) is 27.7 Å². The summed E-state index contributed by atoms with van der Waals surface area (Å²) in [6, 6.07) is 5.17. The Bertz CT molecular complexity index is 827. The van der Waals surface area contributed by atoms with Gasteiger partial charge in [-0.05, 0) is 32.4 Å². The molecule has 6 nitrogen and oxygen atoms in total. The van der Waals surface area contributed by atoms with Gasteiger partial charge in [0.25, 0.3) is 0 Å². The number of hydrogen-bond acceptors (Lipinski definition) is 4. The van der Waals surface area contributed by atoms with Crippen LogP contribution in [0.25, 0.3) is 0 Å². The Morgan fingerprint density at radius 2 is 1.97 bits per heavy atom. The summed E-state index contributed by atoms with van der Waals surface area (Å²) < 4.78 is 47.7. The molecule has 0 spiro atoms. The molecule has 1 aromatic heterocycles.